The van der Waals surface area contributed by atoms with E-state index in [1.54, 1.807) is 0 Å². The molecule has 0 spiro atoms. The van der Waals surface area contributed by atoms with Gasteiger partial charge in [-0.1, -0.05) is 0 Å². The minimum atomic E-state index is -0.438. The lowest BCUT2D eigenvalue weighted by molar-refractivity contribution is 0.0507. The third-order valence-corrected chi connectivity index (χ3v) is 1.36. The molecule has 0 rings (SSSR count). The number of hydrogen-bond acceptors (Lipinski definition) is 3. The fourth-order valence-corrected chi connectivity index (χ4v) is 0.831. The number of hydrogen-bond donors (Lipinski definition) is 2. The van der Waals surface area contributed by atoms with Gasteiger partial charge in [0.1, 0.15) is 5.60 Å². The van der Waals surface area contributed by atoms with E-state index in [-0.39, 0.29) is 24.5 Å². The first kappa shape index (κ1) is 16.0. The van der Waals surface area contributed by atoms with Crippen LogP contribution < -0.4 is 11.1 Å². The van der Waals surface area contributed by atoms with Gasteiger partial charge in [-0.2, -0.15) is 0 Å². The predicted octanol–water partition coefficient (Wildman–Crippen LogP) is 1.67. The monoisotopic (exact) mass is 224 g/mol. The molecule has 14 heavy (non-hydrogen) atoms. The molecule has 0 aromatic carbocycles. The van der Waals surface area contributed by atoms with Crippen molar-refractivity contribution in [2.45, 2.75) is 45.8 Å². The van der Waals surface area contributed by atoms with Crippen LogP contribution in [0.4, 0.5) is 4.79 Å². The van der Waals surface area contributed by atoms with Crippen LogP contribution in [0.1, 0.15) is 34.1 Å². The van der Waals surface area contributed by atoms with E-state index in [4.69, 9.17) is 10.5 Å². The Hall–Kier alpha value is -0.480. The summed E-state index contributed by atoms with van der Waals surface area (Å²) in [5.41, 5.74) is 4.90. The summed E-state index contributed by atoms with van der Waals surface area (Å²) < 4.78 is 5.06. The third kappa shape index (κ3) is 9.61. The van der Waals surface area contributed by atoms with E-state index in [1.807, 2.05) is 27.7 Å². The molecule has 86 valence electrons. The fraction of sp³-hybridized carbons (Fsp3) is 0.889. The molecule has 4 nitrogen and oxygen atoms in total. The molecule has 1 atom stereocenters. The Balaban J connectivity index is 0. The second kappa shape index (κ2) is 6.90. The molecule has 1 unspecified atom stereocenters. The second-order valence-corrected chi connectivity index (χ2v) is 4.12. The van der Waals surface area contributed by atoms with Crippen LogP contribution in [0.25, 0.3) is 0 Å². The van der Waals surface area contributed by atoms with Crippen LogP contribution in [0.2, 0.25) is 0 Å². The molecule has 0 saturated heterocycles. The molecular formula is C9H21ClN2O2. The number of carbonyl (C=O) groups excluding carboxylic acids is 1. The van der Waals surface area contributed by atoms with Gasteiger partial charge in [0, 0.05) is 6.04 Å². The van der Waals surface area contributed by atoms with E-state index in [9.17, 15) is 4.79 Å². The summed E-state index contributed by atoms with van der Waals surface area (Å²) in [6.45, 7) is 7.97. The zero-order valence-electron chi connectivity index (χ0n) is 9.29. The fourth-order valence-electron chi connectivity index (χ4n) is 0.831. The number of ether oxygens (including phenoxy) is 1. The molecule has 0 saturated carbocycles. The van der Waals surface area contributed by atoms with Gasteiger partial charge in [0.05, 0.1) is 0 Å². The molecule has 0 bridgehead atoms. The highest BCUT2D eigenvalue weighted by Crippen LogP contribution is 2.06. The Morgan fingerprint density at radius 2 is 2.00 bits per heavy atom. The SMILES string of the molecule is CC(CCN)NC(=O)OC(C)(C)C.Cl. The van der Waals surface area contributed by atoms with Crippen LogP contribution in [0.3, 0.4) is 0 Å². The number of nitrogens with two attached hydrogens (primary N) is 1. The molecule has 0 aliphatic carbocycles. The van der Waals surface area contributed by atoms with Crippen molar-refractivity contribution in [3.05, 3.63) is 0 Å². The number of rotatable bonds is 3. The summed E-state index contributed by atoms with van der Waals surface area (Å²) in [5.74, 6) is 0. The van der Waals surface area contributed by atoms with Gasteiger partial charge in [-0.25, -0.2) is 4.79 Å². The van der Waals surface area contributed by atoms with Gasteiger partial charge >= 0.3 is 6.09 Å². The maximum atomic E-state index is 11.2. The number of halogens is 1. The molecule has 0 aromatic heterocycles. The molecule has 0 aromatic rings. The summed E-state index contributed by atoms with van der Waals surface area (Å²) in [6.07, 6.45) is 0.382. The van der Waals surface area contributed by atoms with E-state index < -0.39 is 5.60 Å². The molecule has 1 amide bonds. The Morgan fingerprint density at radius 1 is 1.50 bits per heavy atom. The normalized spacial score (nSPS) is 12.6. The van der Waals surface area contributed by atoms with Crippen molar-refractivity contribution in [2.75, 3.05) is 6.54 Å². The van der Waals surface area contributed by atoms with Crippen molar-refractivity contribution in [2.24, 2.45) is 5.73 Å². The van der Waals surface area contributed by atoms with Crippen LogP contribution in [0.15, 0.2) is 0 Å². The lowest BCUT2D eigenvalue weighted by Crippen LogP contribution is -2.38. The Kier molecular flexibility index (Phi) is 7.87. The Bertz CT molecular complexity index is 169. The average Bonchev–Trinajstić information content (AvgIpc) is 1.81. The van der Waals surface area contributed by atoms with Gasteiger partial charge in [0.25, 0.3) is 0 Å². The summed E-state index contributed by atoms with van der Waals surface area (Å²) >= 11 is 0. The number of amides is 1. The topological polar surface area (TPSA) is 64.3 Å². The van der Waals surface area contributed by atoms with Gasteiger partial charge in [0.2, 0.25) is 0 Å². The number of alkyl carbamates (subject to hydrolysis) is 1. The Morgan fingerprint density at radius 3 is 2.36 bits per heavy atom. The van der Waals surface area contributed by atoms with E-state index in [0.29, 0.717) is 6.54 Å². The van der Waals surface area contributed by atoms with Gasteiger partial charge in [-0.15, -0.1) is 12.4 Å². The van der Waals surface area contributed by atoms with Crippen LogP contribution in [0.5, 0.6) is 0 Å². The lowest BCUT2D eigenvalue weighted by atomic mass is 10.2. The molecular weight excluding hydrogens is 204 g/mol. The summed E-state index contributed by atoms with van der Waals surface area (Å²) in [4.78, 5) is 11.2. The Labute approximate surface area is 92.0 Å². The van der Waals surface area contributed by atoms with Gasteiger partial charge in [-0.05, 0) is 40.7 Å². The zero-order valence-corrected chi connectivity index (χ0v) is 10.1. The van der Waals surface area contributed by atoms with Crippen LogP contribution in [0, 0.1) is 0 Å². The largest absolute Gasteiger partial charge is 0.444 e. The first-order valence-electron chi connectivity index (χ1n) is 4.54. The molecule has 0 heterocycles. The van der Waals surface area contributed by atoms with Crippen molar-refractivity contribution in [1.82, 2.24) is 5.32 Å². The molecule has 0 radical (unpaired) electrons. The number of carbonyl (C=O) groups is 1. The zero-order chi connectivity index (χ0) is 10.5. The van der Waals surface area contributed by atoms with Crippen molar-refractivity contribution >= 4 is 18.5 Å². The molecule has 0 aliphatic heterocycles. The maximum Gasteiger partial charge on any atom is 0.407 e. The predicted molar refractivity (Wildman–Crippen MR) is 59.8 cm³/mol. The maximum absolute atomic E-state index is 11.2. The highest BCUT2D eigenvalue weighted by molar-refractivity contribution is 5.85. The van der Waals surface area contributed by atoms with E-state index in [2.05, 4.69) is 5.32 Å². The van der Waals surface area contributed by atoms with Gasteiger partial charge in [0.15, 0.2) is 0 Å². The highest BCUT2D eigenvalue weighted by Gasteiger charge is 2.16. The van der Waals surface area contributed by atoms with Crippen molar-refractivity contribution in [3.8, 4) is 0 Å². The quantitative estimate of drug-likeness (QED) is 0.767. The standard InChI is InChI=1S/C9H20N2O2.ClH/c1-7(5-6-10)11-8(12)13-9(2,3)4;/h7H,5-6,10H2,1-4H3,(H,11,12);1H. The summed E-state index contributed by atoms with van der Waals surface area (Å²) in [5, 5.41) is 2.70. The van der Waals surface area contributed by atoms with E-state index in [1.165, 1.54) is 0 Å². The summed E-state index contributed by atoms with van der Waals surface area (Å²) in [6, 6.07) is 0.0693. The smallest absolute Gasteiger partial charge is 0.407 e. The van der Waals surface area contributed by atoms with Gasteiger partial charge in [-0.3, -0.25) is 0 Å². The van der Waals surface area contributed by atoms with Crippen LogP contribution in [-0.2, 0) is 4.74 Å². The van der Waals surface area contributed by atoms with Crippen molar-refractivity contribution < 1.29 is 9.53 Å². The van der Waals surface area contributed by atoms with Crippen LogP contribution in [-0.4, -0.2) is 24.3 Å². The molecule has 0 fully saturated rings. The van der Waals surface area contributed by atoms with Crippen LogP contribution >= 0.6 is 12.4 Å². The number of nitrogens with one attached hydrogen (secondary N) is 1. The van der Waals surface area contributed by atoms with Gasteiger partial charge < -0.3 is 15.8 Å². The van der Waals surface area contributed by atoms with Crippen molar-refractivity contribution in [1.29, 1.82) is 0 Å². The minimum absolute atomic E-state index is 0. The average molecular weight is 225 g/mol. The lowest BCUT2D eigenvalue weighted by Gasteiger charge is -2.21. The summed E-state index contributed by atoms with van der Waals surface area (Å²) in [7, 11) is 0. The van der Waals surface area contributed by atoms with E-state index in [0.717, 1.165) is 6.42 Å². The second-order valence-electron chi connectivity index (χ2n) is 4.12. The van der Waals surface area contributed by atoms with E-state index >= 15 is 0 Å². The first-order chi connectivity index (χ1) is 5.85. The first-order valence-corrected chi connectivity index (χ1v) is 4.54. The van der Waals surface area contributed by atoms with Crippen molar-refractivity contribution in [3.63, 3.8) is 0 Å². The third-order valence-electron chi connectivity index (χ3n) is 1.36. The molecule has 3 N–H and O–H groups in total. The molecule has 5 heteroatoms. The highest BCUT2D eigenvalue weighted by atomic mass is 35.5. The molecule has 0 aliphatic rings. The minimum Gasteiger partial charge on any atom is -0.444 e.